The van der Waals surface area contributed by atoms with Crippen molar-refractivity contribution in [3.63, 3.8) is 0 Å². The van der Waals surface area contributed by atoms with Crippen LogP contribution in [0.4, 0.5) is 10.1 Å². The van der Waals surface area contributed by atoms with E-state index in [4.69, 9.17) is 4.74 Å². The summed E-state index contributed by atoms with van der Waals surface area (Å²) < 4.78 is 44.2. The van der Waals surface area contributed by atoms with Crippen LogP contribution < -0.4 is 10.1 Å². The van der Waals surface area contributed by atoms with Crippen molar-refractivity contribution in [3.8, 4) is 5.75 Å². The predicted octanol–water partition coefficient (Wildman–Crippen LogP) is 2.75. The molecule has 0 unspecified atom stereocenters. The van der Waals surface area contributed by atoms with Gasteiger partial charge in [-0.3, -0.25) is 0 Å². The average Bonchev–Trinajstić information content (AvgIpc) is 2.69. The molecule has 0 aliphatic carbocycles. The Balaban J connectivity index is 1.65. The van der Waals surface area contributed by atoms with Crippen LogP contribution >= 0.6 is 0 Å². The molecule has 0 radical (unpaired) electrons. The standard InChI is InChI=1S/C19H23FN2O4S/c20-14-26-17-5-3-6-18(12-17)27(24,25)22-10-8-16(9-11-22)21-19-7-2-1-4-15(19)13-23/h1-7,12,16,21,23H,8-11,13-14H2. The second-order valence-corrected chi connectivity index (χ2v) is 8.30. The van der Waals surface area contributed by atoms with Gasteiger partial charge in [-0.1, -0.05) is 24.3 Å². The van der Waals surface area contributed by atoms with Crippen LogP contribution in [-0.4, -0.2) is 43.8 Å². The molecular formula is C19H23FN2O4S. The first kappa shape index (κ1) is 19.6. The van der Waals surface area contributed by atoms with Gasteiger partial charge in [0.15, 0.2) is 0 Å². The number of nitrogens with one attached hydrogen (secondary N) is 1. The van der Waals surface area contributed by atoms with E-state index in [9.17, 15) is 17.9 Å². The topological polar surface area (TPSA) is 78.9 Å². The third kappa shape index (κ3) is 4.58. The summed E-state index contributed by atoms with van der Waals surface area (Å²) in [5.41, 5.74) is 1.69. The average molecular weight is 394 g/mol. The van der Waals surface area contributed by atoms with Crippen molar-refractivity contribution in [2.24, 2.45) is 0 Å². The highest BCUT2D eigenvalue weighted by Gasteiger charge is 2.29. The number of piperidine rings is 1. The molecule has 0 aromatic heterocycles. The first-order valence-electron chi connectivity index (χ1n) is 8.79. The van der Waals surface area contributed by atoms with Gasteiger partial charge in [0.1, 0.15) is 5.75 Å². The molecule has 2 aromatic rings. The van der Waals surface area contributed by atoms with Crippen molar-refractivity contribution in [1.29, 1.82) is 0 Å². The number of benzene rings is 2. The van der Waals surface area contributed by atoms with Crippen LogP contribution in [0.3, 0.4) is 0 Å². The van der Waals surface area contributed by atoms with Crippen LogP contribution in [0.2, 0.25) is 0 Å². The number of aliphatic hydroxyl groups is 1. The number of hydrogen-bond acceptors (Lipinski definition) is 5. The normalized spacial score (nSPS) is 16.2. The van der Waals surface area contributed by atoms with Crippen LogP contribution in [0.15, 0.2) is 53.4 Å². The molecule has 27 heavy (non-hydrogen) atoms. The number of ether oxygens (including phenoxy) is 1. The van der Waals surface area contributed by atoms with Crippen LogP contribution in [0.5, 0.6) is 5.75 Å². The molecule has 1 fully saturated rings. The Labute approximate surface area is 158 Å². The summed E-state index contributed by atoms with van der Waals surface area (Å²) in [5, 5.41) is 12.8. The zero-order valence-corrected chi connectivity index (χ0v) is 15.7. The number of para-hydroxylation sites is 1. The van der Waals surface area contributed by atoms with Gasteiger partial charge in [-0.05, 0) is 31.0 Å². The van der Waals surface area contributed by atoms with Gasteiger partial charge in [0.2, 0.25) is 16.9 Å². The van der Waals surface area contributed by atoms with E-state index in [1.54, 1.807) is 0 Å². The van der Waals surface area contributed by atoms with Crippen molar-refractivity contribution in [2.45, 2.75) is 30.4 Å². The van der Waals surface area contributed by atoms with E-state index in [-0.39, 0.29) is 23.3 Å². The number of anilines is 1. The summed E-state index contributed by atoms with van der Waals surface area (Å²) in [6.45, 7) is -0.283. The number of halogens is 1. The van der Waals surface area contributed by atoms with E-state index < -0.39 is 16.9 Å². The summed E-state index contributed by atoms with van der Waals surface area (Å²) in [4.78, 5) is 0.102. The quantitative estimate of drug-likeness (QED) is 0.755. The fraction of sp³-hybridized carbons (Fsp3) is 0.368. The van der Waals surface area contributed by atoms with Crippen LogP contribution in [0.1, 0.15) is 18.4 Å². The van der Waals surface area contributed by atoms with Crippen LogP contribution in [0, 0.1) is 0 Å². The fourth-order valence-electron chi connectivity index (χ4n) is 3.20. The molecule has 146 valence electrons. The summed E-state index contributed by atoms with van der Waals surface area (Å²) in [5.74, 6) is 0.190. The van der Waals surface area contributed by atoms with E-state index in [1.165, 1.54) is 28.6 Å². The summed E-state index contributed by atoms with van der Waals surface area (Å²) in [7, 11) is -3.65. The molecule has 8 heteroatoms. The van der Waals surface area contributed by atoms with Gasteiger partial charge in [0.25, 0.3) is 0 Å². The maximum Gasteiger partial charge on any atom is 0.243 e. The lowest BCUT2D eigenvalue weighted by molar-refractivity contribution is 0.191. The summed E-state index contributed by atoms with van der Waals surface area (Å²) in [6.07, 6.45) is 1.30. The molecular weight excluding hydrogens is 371 g/mol. The van der Waals surface area contributed by atoms with Gasteiger partial charge in [-0.2, -0.15) is 4.31 Å². The number of alkyl halides is 1. The number of nitrogens with zero attached hydrogens (tertiary/aromatic N) is 1. The van der Waals surface area contributed by atoms with Crippen molar-refractivity contribution < 1.29 is 22.7 Å². The first-order valence-corrected chi connectivity index (χ1v) is 10.2. The van der Waals surface area contributed by atoms with Gasteiger partial charge in [-0.15, -0.1) is 0 Å². The fourth-order valence-corrected chi connectivity index (χ4v) is 4.70. The number of aliphatic hydroxyl groups excluding tert-OH is 1. The molecule has 1 heterocycles. The Hall–Kier alpha value is -2.16. The first-order chi connectivity index (χ1) is 13.0. The molecule has 6 nitrogen and oxygen atoms in total. The Morgan fingerprint density at radius 1 is 1.15 bits per heavy atom. The second kappa shape index (κ2) is 8.69. The molecule has 1 saturated heterocycles. The third-order valence-corrected chi connectivity index (χ3v) is 6.56. The van der Waals surface area contributed by atoms with E-state index >= 15 is 0 Å². The van der Waals surface area contributed by atoms with E-state index in [1.807, 2.05) is 24.3 Å². The van der Waals surface area contributed by atoms with E-state index in [0.29, 0.717) is 25.9 Å². The lowest BCUT2D eigenvalue weighted by Crippen LogP contribution is -2.42. The number of hydrogen-bond donors (Lipinski definition) is 2. The number of sulfonamides is 1. The summed E-state index contributed by atoms with van der Waals surface area (Å²) in [6, 6.07) is 13.6. The maximum atomic E-state index is 12.8. The zero-order chi connectivity index (χ0) is 19.3. The minimum Gasteiger partial charge on any atom is -0.463 e. The van der Waals surface area contributed by atoms with Crippen molar-refractivity contribution in [2.75, 3.05) is 25.3 Å². The Bertz CT molecular complexity index is 868. The highest BCUT2D eigenvalue weighted by molar-refractivity contribution is 7.89. The van der Waals surface area contributed by atoms with Gasteiger partial charge in [0, 0.05) is 36.4 Å². The number of rotatable bonds is 7. The largest absolute Gasteiger partial charge is 0.463 e. The van der Waals surface area contributed by atoms with Gasteiger partial charge < -0.3 is 15.2 Å². The minimum atomic E-state index is -3.65. The monoisotopic (exact) mass is 394 g/mol. The summed E-state index contributed by atoms with van der Waals surface area (Å²) >= 11 is 0. The SMILES string of the molecule is O=S(=O)(c1cccc(OCF)c1)N1CCC(Nc2ccccc2CO)CC1. The molecule has 2 aromatic carbocycles. The lowest BCUT2D eigenvalue weighted by Gasteiger charge is -2.32. The lowest BCUT2D eigenvalue weighted by atomic mass is 10.1. The molecule has 3 rings (SSSR count). The maximum absolute atomic E-state index is 12.8. The second-order valence-electron chi connectivity index (χ2n) is 6.37. The molecule has 0 amide bonds. The predicted molar refractivity (Wildman–Crippen MR) is 101 cm³/mol. The third-order valence-electron chi connectivity index (χ3n) is 4.67. The molecule has 0 saturated carbocycles. The van der Waals surface area contributed by atoms with Gasteiger partial charge >= 0.3 is 0 Å². The molecule has 0 bridgehead atoms. The minimum absolute atomic E-state index is 0.0479. The Morgan fingerprint density at radius 3 is 2.59 bits per heavy atom. The highest BCUT2D eigenvalue weighted by atomic mass is 32.2. The van der Waals surface area contributed by atoms with E-state index in [2.05, 4.69) is 5.32 Å². The zero-order valence-electron chi connectivity index (χ0n) is 14.8. The Morgan fingerprint density at radius 2 is 1.89 bits per heavy atom. The van der Waals surface area contributed by atoms with Gasteiger partial charge in [-0.25, -0.2) is 12.8 Å². The molecule has 2 N–H and O–H groups in total. The van der Waals surface area contributed by atoms with Crippen molar-refractivity contribution in [1.82, 2.24) is 4.31 Å². The van der Waals surface area contributed by atoms with Crippen LogP contribution in [-0.2, 0) is 16.6 Å². The highest BCUT2D eigenvalue weighted by Crippen LogP contribution is 2.26. The van der Waals surface area contributed by atoms with Crippen LogP contribution in [0.25, 0.3) is 0 Å². The molecule has 1 aliphatic heterocycles. The smallest absolute Gasteiger partial charge is 0.243 e. The molecule has 0 atom stereocenters. The molecule has 0 spiro atoms. The van der Waals surface area contributed by atoms with E-state index in [0.717, 1.165) is 11.3 Å². The van der Waals surface area contributed by atoms with Crippen molar-refractivity contribution >= 4 is 15.7 Å². The Kier molecular flexibility index (Phi) is 6.30. The molecule has 1 aliphatic rings. The van der Waals surface area contributed by atoms with Crippen molar-refractivity contribution in [3.05, 3.63) is 54.1 Å². The van der Waals surface area contributed by atoms with Gasteiger partial charge in [0.05, 0.1) is 11.5 Å².